The average Bonchev–Trinajstić information content (AvgIpc) is 3.41. The van der Waals surface area contributed by atoms with Gasteiger partial charge in [0.25, 0.3) is 0 Å². The molecule has 2 aliphatic rings. The van der Waals surface area contributed by atoms with Crippen LogP contribution in [0.1, 0.15) is 55.3 Å². The Labute approximate surface area is 199 Å². The fourth-order valence-electron chi connectivity index (χ4n) is 4.41. The minimum Gasteiger partial charge on any atom is -0.490 e. The molecule has 1 N–H and O–H groups in total. The van der Waals surface area contributed by atoms with Crippen molar-refractivity contribution in [2.24, 2.45) is 5.92 Å². The number of ether oxygens (including phenoxy) is 1. The molecule has 0 fully saturated rings. The lowest BCUT2D eigenvalue weighted by atomic mass is 9.87. The van der Waals surface area contributed by atoms with E-state index in [1.54, 1.807) is 11.3 Å². The second-order valence-electron chi connectivity index (χ2n) is 8.63. The third-order valence-corrected chi connectivity index (χ3v) is 8.13. The molecule has 0 amide bonds. The summed E-state index contributed by atoms with van der Waals surface area (Å²) in [6.07, 6.45) is 7.36. The highest BCUT2D eigenvalue weighted by molar-refractivity contribution is 7.92. The molecule has 172 valence electrons. The normalized spacial score (nSPS) is 22.3. The molecule has 0 radical (unpaired) electrons. The molecule has 6 nitrogen and oxygen atoms in total. The van der Waals surface area contributed by atoms with Gasteiger partial charge in [-0.05, 0) is 55.4 Å². The molecular weight excluding hydrogens is 454 g/mol. The van der Waals surface area contributed by atoms with Crippen LogP contribution in [0.4, 0.5) is 0 Å². The number of fused-ring (bicyclic) bond motifs is 1. The zero-order valence-corrected chi connectivity index (χ0v) is 20.5. The summed E-state index contributed by atoms with van der Waals surface area (Å²) in [5, 5.41) is 11.5. The maximum absolute atomic E-state index is 12.0. The minimum absolute atomic E-state index is 0.00169. The number of allylic oxidation sites excluding steroid dienone is 3. The van der Waals surface area contributed by atoms with Crippen LogP contribution in [0.3, 0.4) is 0 Å². The second-order valence-corrected chi connectivity index (χ2v) is 11.4. The topological polar surface area (TPSA) is 92.1 Å². The van der Waals surface area contributed by atoms with E-state index in [-0.39, 0.29) is 24.0 Å². The van der Waals surface area contributed by atoms with E-state index >= 15 is 0 Å². The van der Waals surface area contributed by atoms with Gasteiger partial charge in [-0.25, -0.2) is 18.1 Å². The Morgan fingerprint density at radius 2 is 2.15 bits per heavy atom. The van der Waals surface area contributed by atoms with E-state index in [1.807, 2.05) is 44.3 Å². The number of hydrogen-bond donors (Lipinski definition) is 1. The van der Waals surface area contributed by atoms with Crippen molar-refractivity contribution >= 4 is 21.4 Å². The van der Waals surface area contributed by atoms with Crippen LogP contribution < -0.4 is 4.72 Å². The summed E-state index contributed by atoms with van der Waals surface area (Å²) in [5.41, 5.74) is 3.79. The number of nitrogens with zero attached hydrogens (tertiary/aromatic N) is 2. The van der Waals surface area contributed by atoms with E-state index in [0.717, 1.165) is 38.4 Å². The van der Waals surface area contributed by atoms with Crippen LogP contribution in [-0.2, 0) is 21.2 Å². The van der Waals surface area contributed by atoms with Crippen LogP contribution in [0.5, 0.6) is 0 Å². The Bertz CT molecular complexity index is 1280. The Hall–Kier alpha value is -2.73. The van der Waals surface area contributed by atoms with E-state index in [9.17, 15) is 13.7 Å². The van der Waals surface area contributed by atoms with Crippen LogP contribution in [0.25, 0.3) is 10.4 Å². The zero-order chi connectivity index (χ0) is 23.8. The van der Waals surface area contributed by atoms with Crippen molar-refractivity contribution in [2.45, 2.75) is 51.7 Å². The van der Waals surface area contributed by atoms with E-state index in [1.165, 1.54) is 0 Å². The molecule has 0 bridgehead atoms. The molecule has 3 atom stereocenters. The summed E-state index contributed by atoms with van der Waals surface area (Å²) in [7, 11) is -3.50. The van der Waals surface area contributed by atoms with Gasteiger partial charge in [-0.1, -0.05) is 37.8 Å². The molecule has 0 saturated carbocycles. The first kappa shape index (κ1) is 23.4. The van der Waals surface area contributed by atoms with Gasteiger partial charge in [0.15, 0.2) is 0 Å². The number of benzene rings is 1. The maximum Gasteiger partial charge on any atom is 0.233 e. The molecule has 2 aliphatic carbocycles. The zero-order valence-electron chi connectivity index (χ0n) is 18.9. The van der Waals surface area contributed by atoms with Crippen molar-refractivity contribution in [3.8, 4) is 16.5 Å². The number of nitrogens with one attached hydrogen (secondary N) is 1. The van der Waals surface area contributed by atoms with Gasteiger partial charge in [0.05, 0.1) is 16.6 Å². The van der Waals surface area contributed by atoms with Crippen molar-refractivity contribution in [3.63, 3.8) is 0 Å². The fraction of sp³-hybridized carbons (Fsp3) is 0.360. The van der Waals surface area contributed by atoms with Crippen molar-refractivity contribution in [2.75, 3.05) is 0 Å². The summed E-state index contributed by atoms with van der Waals surface area (Å²) in [6.45, 7) is 9.39. The molecule has 0 spiro atoms. The van der Waals surface area contributed by atoms with E-state index < -0.39 is 10.0 Å². The Morgan fingerprint density at radius 1 is 1.36 bits per heavy atom. The summed E-state index contributed by atoms with van der Waals surface area (Å²) in [6, 6.07) is 8.02. The molecule has 1 aromatic carbocycles. The highest BCUT2D eigenvalue weighted by atomic mass is 32.2. The number of aromatic nitrogens is 1. The lowest BCUT2D eigenvalue weighted by Crippen LogP contribution is -2.25. The second kappa shape index (κ2) is 9.26. The molecule has 0 saturated heterocycles. The number of rotatable bonds is 7. The maximum atomic E-state index is 12.0. The minimum atomic E-state index is -3.50. The molecule has 0 aliphatic heterocycles. The molecule has 33 heavy (non-hydrogen) atoms. The molecule has 2 aromatic rings. The predicted octanol–water partition coefficient (Wildman–Crippen LogP) is 5.35. The molecule has 1 heterocycles. The van der Waals surface area contributed by atoms with Crippen LogP contribution in [0.15, 0.2) is 59.9 Å². The van der Waals surface area contributed by atoms with Crippen LogP contribution in [-0.4, -0.2) is 19.5 Å². The van der Waals surface area contributed by atoms with E-state index in [4.69, 9.17) is 9.72 Å². The summed E-state index contributed by atoms with van der Waals surface area (Å²) in [4.78, 5) is 5.75. The highest BCUT2D eigenvalue weighted by Gasteiger charge is 2.30. The Balaban J connectivity index is 1.63. The molecule has 4 rings (SSSR count). The summed E-state index contributed by atoms with van der Waals surface area (Å²) < 4.78 is 32.5. The van der Waals surface area contributed by atoms with E-state index in [2.05, 4.69) is 30.4 Å². The Kier molecular flexibility index (Phi) is 6.57. The quantitative estimate of drug-likeness (QED) is 0.575. The fourth-order valence-corrected chi connectivity index (χ4v) is 6.30. The number of thiazole rings is 1. The van der Waals surface area contributed by atoms with Gasteiger partial charge in [0, 0.05) is 23.6 Å². The Morgan fingerprint density at radius 3 is 2.85 bits per heavy atom. The first-order valence-electron chi connectivity index (χ1n) is 11.0. The average molecular weight is 482 g/mol. The third-order valence-electron chi connectivity index (χ3n) is 5.95. The van der Waals surface area contributed by atoms with Gasteiger partial charge < -0.3 is 4.74 Å². The van der Waals surface area contributed by atoms with Gasteiger partial charge in [-0.15, -0.1) is 11.3 Å². The third kappa shape index (κ3) is 4.81. The van der Waals surface area contributed by atoms with Crippen LogP contribution in [0, 0.1) is 17.2 Å². The van der Waals surface area contributed by atoms with E-state index in [0.29, 0.717) is 17.8 Å². The van der Waals surface area contributed by atoms with Gasteiger partial charge in [0.2, 0.25) is 10.0 Å². The number of hydrogen-bond acceptors (Lipinski definition) is 6. The van der Waals surface area contributed by atoms with Gasteiger partial charge in [0.1, 0.15) is 16.8 Å². The lowest BCUT2D eigenvalue weighted by molar-refractivity contribution is 0.152. The predicted molar refractivity (Wildman–Crippen MR) is 131 cm³/mol. The monoisotopic (exact) mass is 481 g/mol. The largest absolute Gasteiger partial charge is 0.490 e. The first-order valence-corrected chi connectivity index (χ1v) is 13.3. The summed E-state index contributed by atoms with van der Waals surface area (Å²) in [5.74, 6) is 0.790. The van der Waals surface area contributed by atoms with Crippen molar-refractivity contribution in [3.05, 3.63) is 76.0 Å². The van der Waals surface area contributed by atoms with Crippen LogP contribution >= 0.6 is 11.3 Å². The van der Waals surface area contributed by atoms with Crippen molar-refractivity contribution < 1.29 is 13.2 Å². The number of nitriles is 1. The summed E-state index contributed by atoms with van der Waals surface area (Å²) >= 11 is 1.62. The highest BCUT2D eigenvalue weighted by Crippen LogP contribution is 2.43. The molecule has 2 unspecified atom stereocenters. The SMILES string of the molecule is C=CS(=O)(=O)N[C@@H]1CCc2c(-c3cnc(C4C=C(C#N)C(OC(C)C)=CC4C)s3)cccc21. The molecule has 1 aromatic heterocycles. The van der Waals surface area contributed by atoms with Crippen molar-refractivity contribution in [1.82, 2.24) is 9.71 Å². The van der Waals surface area contributed by atoms with Gasteiger partial charge in [-0.3, -0.25) is 0 Å². The molecular formula is C25H27N3O3S2. The first-order chi connectivity index (χ1) is 15.7. The van der Waals surface area contributed by atoms with Crippen molar-refractivity contribution in [1.29, 1.82) is 5.26 Å². The van der Waals surface area contributed by atoms with Gasteiger partial charge in [-0.2, -0.15) is 5.26 Å². The standard InChI is InChI=1S/C25H27N3O3S2/c1-5-33(29,30)28-22-10-9-18-19(22)7-6-8-20(18)24-14-27-25(32-24)21-12-17(13-26)23(11-16(21)4)31-15(2)3/h5-8,11-12,14-16,21-22,28H,1,9-10H2,2-4H3/t16?,21?,22-/m1/s1. The molecule has 8 heteroatoms. The van der Waals surface area contributed by atoms with Gasteiger partial charge >= 0.3 is 0 Å². The smallest absolute Gasteiger partial charge is 0.233 e. The number of sulfonamides is 1. The lowest BCUT2D eigenvalue weighted by Gasteiger charge is -2.24. The van der Waals surface area contributed by atoms with Crippen LogP contribution in [0.2, 0.25) is 0 Å².